The van der Waals surface area contributed by atoms with Gasteiger partial charge in [-0.05, 0) is 17.5 Å². The summed E-state index contributed by atoms with van der Waals surface area (Å²) in [6.45, 7) is 3.26. The van der Waals surface area contributed by atoms with Gasteiger partial charge < -0.3 is 0 Å². The number of rotatable bonds is 1. The maximum Gasteiger partial charge on any atom is 0.417 e. The summed E-state index contributed by atoms with van der Waals surface area (Å²) in [6, 6.07) is 4.26. The molecule has 0 saturated carbocycles. The molecule has 0 aliphatic heterocycles. The highest BCUT2D eigenvalue weighted by molar-refractivity contribution is 5.50. The summed E-state index contributed by atoms with van der Waals surface area (Å²) in [5.74, 6) is 2.66. The zero-order valence-electron chi connectivity index (χ0n) is 8.44. The van der Waals surface area contributed by atoms with Crippen molar-refractivity contribution in [3.8, 4) is 12.3 Å². The predicted molar refractivity (Wildman–Crippen MR) is 53.1 cm³/mol. The molecule has 0 fully saturated rings. The van der Waals surface area contributed by atoms with Gasteiger partial charge in [-0.1, -0.05) is 31.9 Å². The first-order chi connectivity index (χ1) is 6.88. The van der Waals surface area contributed by atoms with Crippen molar-refractivity contribution < 1.29 is 13.2 Å². The van der Waals surface area contributed by atoms with Gasteiger partial charge in [0, 0.05) is 5.56 Å². The quantitative estimate of drug-likeness (QED) is 0.622. The Kier molecular flexibility index (Phi) is 3.09. The zero-order chi connectivity index (χ0) is 11.6. The van der Waals surface area contributed by atoms with Gasteiger partial charge in [0.05, 0.1) is 5.56 Å². The van der Waals surface area contributed by atoms with Gasteiger partial charge in [-0.2, -0.15) is 13.2 Å². The smallest absolute Gasteiger partial charge is 0.166 e. The van der Waals surface area contributed by atoms with Crippen LogP contribution in [0.5, 0.6) is 0 Å². The molecule has 3 heteroatoms. The summed E-state index contributed by atoms with van der Waals surface area (Å²) >= 11 is 0. The summed E-state index contributed by atoms with van der Waals surface area (Å²) in [4.78, 5) is 0. The molecule has 1 aromatic carbocycles. The molecule has 1 rings (SSSR count). The number of benzene rings is 1. The van der Waals surface area contributed by atoms with E-state index in [1.165, 1.54) is 18.2 Å². The van der Waals surface area contributed by atoms with E-state index in [-0.39, 0.29) is 11.1 Å². The summed E-state index contributed by atoms with van der Waals surface area (Å²) in [5, 5.41) is 0. The van der Waals surface area contributed by atoms with Crippen LogP contribution in [0.2, 0.25) is 0 Å². The maximum atomic E-state index is 12.7. The van der Waals surface area contributed by atoms with E-state index in [0.29, 0.717) is 5.92 Å². The third-order valence-electron chi connectivity index (χ3n) is 2.04. The summed E-state index contributed by atoms with van der Waals surface area (Å²) in [6.07, 6.45) is 0.650. The van der Waals surface area contributed by atoms with E-state index in [0.717, 1.165) is 0 Å². The van der Waals surface area contributed by atoms with Crippen LogP contribution in [0.25, 0.3) is 0 Å². The summed E-state index contributed by atoms with van der Waals surface area (Å²) in [5.41, 5.74) is -0.661. The number of hydrogen-bond donors (Lipinski definition) is 0. The lowest BCUT2D eigenvalue weighted by molar-refractivity contribution is -0.138. The number of alkyl halides is 3. The topological polar surface area (TPSA) is 0 Å². The van der Waals surface area contributed by atoms with Crippen LogP contribution < -0.4 is 0 Å². The van der Waals surface area contributed by atoms with E-state index >= 15 is 0 Å². The second-order valence-electron chi connectivity index (χ2n) is 3.37. The molecular formula is C12H10F3. The highest BCUT2D eigenvalue weighted by Gasteiger charge is 2.36. The Hall–Kier alpha value is -1.43. The number of halogens is 3. The van der Waals surface area contributed by atoms with Gasteiger partial charge in [0.15, 0.2) is 0 Å². The second kappa shape index (κ2) is 3.98. The maximum absolute atomic E-state index is 12.7. The third-order valence-corrected chi connectivity index (χ3v) is 2.04. The van der Waals surface area contributed by atoms with Crippen molar-refractivity contribution in [2.24, 2.45) is 0 Å². The van der Waals surface area contributed by atoms with Crippen LogP contribution in [-0.4, -0.2) is 0 Å². The normalized spacial score (nSPS) is 11.5. The van der Waals surface area contributed by atoms with Crippen LogP contribution >= 0.6 is 0 Å². The monoisotopic (exact) mass is 211 g/mol. The summed E-state index contributed by atoms with van der Waals surface area (Å²) < 4.78 is 38.2. The molecule has 15 heavy (non-hydrogen) atoms. The standard InChI is InChI=1S/C12H10F3/c1-4-9-6-5-7-10(8(2)3)11(9)12(13,14)15/h1,5-7H,2-3H3. The van der Waals surface area contributed by atoms with Gasteiger partial charge in [0.2, 0.25) is 0 Å². The van der Waals surface area contributed by atoms with Crippen LogP contribution in [0.4, 0.5) is 13.2 Å². The van der Waals surface area contributed by atoms with E-state index in [2.05, 4.69) is 5.92 Å². The van der Waals surface area contributed by atoms with Crippen molar-refractivity contribution >= 4 is 0 Å². The van der Waals surface area contributed by atoms with E-state index in [1.54, 1.807) is 13.8 Å². The molecule has 0 aromatic heterocycles. The van der Waals surface area contributed by atoms with Gasteiger partial charge in [-0.15, -0.1) is 6.42 Å². The molecule has 0 amide bonds. The molecule has 0 aliphatic carbocycles. The van der Waals surface area contributed by atoms with Crippen molar-refractivity contribution in [3.63, 3.8) is 0 Å². The lowest BCUT2D eigenvalue weighted by atomic mass is 9.93. The van der Waals surface area contributed by atoms with Gasteiger partial charge in [-0.25, -0.2) is 0 Å². The molecule has 79 valence electrons. The SMILES string of the molecule is C#Cc1cccc([C](C)C)c1C(F)(F)F. The van der Waals surface area contributed by atoms with E-state index in [4.69, 9.17) is 6.42 Å². The average Bonchev–Trinajstić information content (AvgIpc) is 2.15. The molecule has 0 spiro atoms. The Labute approximate surface area is 87.1 Å². The van der Waals surface area contributed by atoms with Crippen LogP contribution in [0, 0.1) is 18.3 Å². The zero-order valence-corrected chi connectivity index (χ0v) is 8.44. The predicted octanol–water partition coefficient (Wildman–Crippen LogP) is 3.65. The minimum atomic E-state index is -4.41. The van der Waals surface area contributed by atoms with Crippen molar-refractivity contribution in [3.05, 3.63) is 40.8 Å². The highest BCUT2D eigenvalue weighted by Crippen LogP contribution is 2.36. The molecule has 0 heterocycles. The first kappa shape index (κ1) is 11.6. The molecule has 0 bridgehead atoms. The Morgan fingerprint density at radius 3 is 2.27 bits per heavy atom. The minimum absolute atomic E-state index is 0.110. The molecule has 0 aliphatic rings. The molecule has 0 nitrogen and oxygen atoms in total. The van der Waals surface area contributed by atoms with Crippen molar-refractivity contribution in [1.82, 2.24) is 0 Å². The van der Waals surface area contributed by atoms with Crippen LogP contribution in [-0.2, 0) is 6.18 Å². The fourth-order valence-corrected chi connectivity index (χ4v) is 1.39. The highest BCUT2D eigenvalue weighted by atomic mass is 19.4. The third kappa shape index (κ3) is 2.33. The molecule has 0 unspecified atom stereocenters. The van der Waals surface area contributed by atoms with Gasteiger partial charge in [0.1, 0.15) is 0 Å². The molecule has 0 atom stereocenters. The molecule has 1 radical (unpaired) electrons. The lowest BCUT2D eigenvalue weighted by Gasteiger charge is -2.16. The molecule has 1 aromatic rings. The Balaban J connectivity index is 3.50. The van der Waals surface area contributed by atoms with E-state index in [1.807, 2.05) is 0 Å². The Morgan fingerprint density at radius 2 is 1.87 bits per heavy atom. The van der Waals surface area contributed by atoms with Gasteiger partial charge >= 0.3 is 6.18 Å². The van der Waals surface area contributed by atoms with Crippen LogP contribution in [0.3, 0.4) is 0 Å². The Bertz CT molecular complexity index is 394. The Morgan fingerprint density at radius 1 is 1.27 bits per heavy atom. The van der Waals surface area contributed by atoms with E-state index in [9.17, 15) is 13.2 Å². The molecular weight excluding hydrogens is 201 g/mol. The fourth-order valence-electron chi connectivity index (χ4n) is 1.39. The first-order valence-corrected chi connectivity index (χ1v) is 4.35. The van der Waals surface area contributed by atoms with Crippen molar-refractivity contribution in [1.29, 1.82) is 0 Å². The fraction of sp³-hybridized carbons (Fsp3) is 0.250. The van der Waals surface area contributed by atoms with Gasteiger partial charge in [-0.3, -0.25) is 0 Å². The van der Waals surface area contributed by atoms with Crippen molar-refractivity contribution in [2.45, 2.75) is 20.0 Å². The lowest BCUT2D eigenvalue weighted by Crippen LogP contribution is -2.12. The minimum Gasteiger partial charge on any atom is -0.166 e. The van der Waals surface area contributed by atoms with Gasteiger partial charge in [0.25, 0.3) is 0 Å². The summed E-state index contributed by atoms with van der Waals surface area (Å²) in [7, 11) is 0. The second-order valence-corrected chi connectivity index (χ2v) is 3.37. The largest absolute Gasteiger partial charge is 0.417 e. The molecule has 0 N–H and O–H groups in total. The number of hydrogen-bond acceptors (Lipinski definition) is 0. The van der Waals surface area contributed by atoms with Crippen LogP contribution in [0.1, 0.15) is 30.5 Å². The van der Waals surface area contributed by atoms with Crippen molar-refractivity contribution in [2.75, 3.05) is 0 Å². The average molecular weight is 211 g/mol. The van der Waals surface area contributed by atoms with Crippen LogP contribution in [0.15, 0.2) is 18.2 Å². The first-order valence-electron chi connectivity index (χ1n) is 4.35. The molecule has 0 saturated heterocycles. The number of terminal acetylenes is 1. The van der Waals surface area contributed by atoms with E-state index < -0.39 is 11.7 Å².